The molecular formula is C13H27NO2. The number of unbranched alkanes of at least 4 members (excludes halogenated alkanes) is 1. The first kappa shape index (κ1) is 15.3. The minimum atomic E-state index is -0.288. The van der Waals surface area contributed by atoms with Crippen LogP contribution in [0.5, 0.6) is 0 Å². The Morgan fingerprint density at radius 2 is 1.88 bits per heavy atom. The van der Waals surface area contributed by atoms with Gasteiger partial charge in [0.25, 0.3) is 0 Å². The Morgan fingerprint density at radius 1 is 1.25 bits per heavy atom. The van der Waals surface area contributed by atoms with Crippen LogP contribution >= 0.6 is 0 Å². The molecule has 0 heterocycles. The summed E-state index contributed by atoms with van der Waals surface area (Å²) < 4.78 is 5.00. The second-order valence-corrected chi connectivity index (χ2v) is 5.94. The van der Waals surface area contributed by atoms with Gasteiger partial charge in [-0.3, -0.25) is 0 Å². The average molecular weight is 229 g/mol. The average Bonchev–Trinajstić information content (AvgIpc) is 2.12. The van der Waals surface area contributed by atoms with Crippen LogP contribution in [0.15, 0.2) is 0 Å². The van der Waals surface area contributed by atoms with E-state index in [1.807, 2.05) is 13.8 Å². The van der Waals surface area contributed by atoms with E-state index in [1.165, 1.54) is 6.42 Å². The van der Waals surface area contributed by atoms with Crippen LogP contribution in [0.4, 0.5) is 4.79 Å². The number of amides is 1. The molecule has 0 aromatic heterocycles. The van der Waals surface area contributed by atoms with Crippen LogP contribution in [-0.4, -0.2) is 19.2 Å². The van der Waals surface area contributed by atoms with Crippen LogP contribution in [0.25, 0.3) is 0 Å². The maximum Gasteiger partial charge on any atom is 0.407 e. The lowest BCUT2D eigenvalue weighted by molar-refractivity contribution is 0.133. The Balaban J connectivity index is 3.35. The van der Waals surface area contributed by atoms with E-state index >= 15 is 0 Å². The van der Waals surface area contributed by atoms with Gasteiger partial charge in [0.05, 0.1) is 6.61 Å². The van der Waals surface area contributed by atoms with Crippen LogP contribution < -0.4 is 5.32 Å². The van der Waals surface area contributed by atoms with Crippen molar-refractivity contribution in [2.75, 3.05) is 13.2 Å². The largest absolute Gasteiger partial charge is 0.449 e. The Labute approximate surface area is 99.9 Å². The van der Waals surface area contributed by atoms with E-state index in [2.05, 4.69) is 26.1 Å². The van der Waals surface area contributed by atoms with Crippen LogP contribution in [0, 0.1) is 11.3 Å². The summed E-state index contributed by atoms with van der Waals surface area (Å²) in [5, 5.41) is 2.76. The second-order valence-electron chi connectivity index (χ2n) is 5.94. The number of nitrogens with one attached hydrogen (secondary N) is 1. The lowest BCUT2D eigenvalue weighted by Gasteiger charge is -2.17. The van der Waals surface area contributed by atoms with Gasteiger partial charge in [-0.15, -0.1) is 0 Å². The number of alkyl carbamates (subject to hydrolysis) is 1. The van der Waals surface area contributed by atoms with Crippen molar-refractivity contribution >= 4 is 6.09 Å². The minimum Gasteiger partial charge on any atom is -0.449 e. The van der Waals surface area contributed by atoms with Gasteiger partial charge in [0, 0.05) is 6.54 Å². The highest BCUT2D eigenvalue weighted by Gasteiger charge is 2.09. The summed E-state index contributed by atoms with van der Waals surface area (Å²) in [6.45, 7) is 12.0. The molecule has 3 heteroatoms. The molecule has 0 radical (unpaired) electrons. The summed E-state index contributed by atoms with van der Waals surface area (Å²) >= 11 is 0. The molecule has 3 nitrogen and oxygen atoms in total. The molecule has 0 aromatic carbocycles. The number of rotatable bonds is 6. The fourth-order valence-electron chi connectivity index (χ4n) is 1.26. The van der Waals surface area contributed by atoms with E-state index in [0.29, 0.717) is 24.5 Å². The molecule has 1 amide bonds. The van der Waals surface area contributed by atoms with E-state index in [0.717, 1.165) is 12.8 Å². The maximum atomic E-state index is 11.2. The van der Waals surface area contributed by atoms with Gasteiger partial charge >= 0.3 is 6.09 Å². The topological polar surface area (TPSA) is 38.3 Å². The third-order valence-corrected chi connectivity index (χ3v) is 2.17. The Hall–Kier alpha value is -0.730. The van der Waals surface area contributed by atoms with E-state index in [-0.39, 0.29) is 6.09 Å². The number of carbonyl (C=O) groups is 1. The first-order chi connectivity index (χ1) is 7.31. The van der Waals surface area contributed by atoms with Crippen molar-refractivity contribution in [3.63, 3.8) is 0 Å². The zero-order valence-corrected chi connectivity index (χ0v) is 11.4. The van der Waals surface area contributed by atoms with Crippen LogP contribution in [0.2, 0.25) is 0 Å². The second kappa shape index (κ2) is 7.53. The van der Waals surface area contributed by atoms with Crippen molar-refractivity contribution in [1.82, 2.24) is 5.32 Å². The van der Waals surface area contributed by atoms with Gasteiger partial charge in [0.1, 0.15) is 0 Å². The molecule has 0 rings (SSSR count). The molecule has 0 unspecified atom stereocenters. The predicted molar refractivity (Wildman–Crippen MR) is 67.5 cm³/mol. The summed E-state index contributed by atoms with van der Waals surface area (Å²) in [4.78, 5) is 11.2. The predicted octanol–water partition coefficient (Wildman–Crippen LogP) is 3.59. The molecule has 0 aliphatic heterocycles. The molecule has 96 valence electrons. The third kappa shape index (κ3) is 11.3. The summed E-state index contributed by atoms with van der Waals surface area (Å²) in [6.07, 6.45) is 3.07. The van der Waals surface area contributed by atoms with Crippen molar-refractivity contribution < 1.29 is 9.53 Å². The van der Waals surface area contributed by atoms with E-state index in [4.69, 9.17) is 4.74 Å². The maximum absolute atomic E-state index is 11.2. The van der Waals surface area contributed by atoms with Gasteiger partial charge in [-0.25, -0.2) is 4.79 Å². The van der Waals surface area contributed by atoms with Crippen LogP contribution in [0.1, 0.15) is 53.9 Å². The first-order valence-corrected chi connectivity index (χ1v) is 6.22. The fourth-order valence-corrected chi connectivity index (χ4v) is 1.26. The molecule has 0 fully saturated rings. The summed E-state index contributed by atoms with van der Waals surface area (Å²) in [7, 11) is 0. The lowest BCUT2D eigenvalue weighted by atomic mass is 9.90. The third-order valence-electron chi connectivity index (χ3n) is 2.17. The fraction of sp³-hybridized carbons (Fsp3) is 0.923. The summed E-state index contributed by atoms with van der Waals surface area (Å²) in [6, 6.07) is 0. The van der Waals surface area contributed by atoms with Crippen molar-refractivity contribution in [3.8, 4) is 0 Å². The lowest BCUT2D eigenvalue weighted by Crippen LogP contribution is -2.26. The molecule has 0 aliphatic rings. The molecule has 0 aromatic rings. The number of hydrogen-bond acceptors (Lipinski definition) is 2. The van der Waals surface area contributed by atoms with Crippen molar-refractivity contribution in [2.24, 2.45) is 11.3 Å². The van der Waals surface area contributed by atoms with Gasteiger partial charge in [-0.2, -0.15) is 0 Å². The van der Waals surface area contributed by atoms with Crippen LogP contribution in [0.3, 0.4) is 0 Å². The number of hydrogen-bond donors (Lipinski definition) is 1. The van der Waals surface area contributed by atoms with E-state index in [9.17, 15) is 4.79 Å². The molecule has 0 aliphatic carbocycles. The van der Waals surface area contributed by atoms with Crippen molar-refractivity contribution in [1.29, 1.82) is 0 Å². The molecule has 0 spiro atoms. The van der Waals surface area contributed by atoms with Gasteiger partial charge in [-0.1, -0.05) is 41.0 Å². The Bertz CT molecular complexity index is 195. The molecule has 0 bridgehead atoms. The monoisotopic (exact) mass is 229 g/mol. The molecule has 0 saturated carbocycles. The zero-order valence-electron chi connectivity index (χ0n) is 11.4. The van der Waals surface area contributed by atoms with Gasteiger partial charge in [0.15, 0.2) is 0 Å². The SMILES string of the molecule is CC(C)COC(=O)NCCCCC(C)(C)C. The first-order valence-electron chi connectivity index (χ1n) is 6.22. The molecule has 16 heavy (non-hydrogen) atoms. The van der Waals surface area contributed by atoms with Gasteiger partial charge in [0.2, 0.25) is 0 Å². The zero-order chi connectivity index (χ0) is 12.6. The summed E-state index contributed by atoms with van der Waals surface area (Å²) in [5.74, 6) is 0.395. The highest BCUT2D eigenvalue weighted by atomic mass is 16.5. The smallest absolute Gasteiger partial charge is 0.407 e. The van der Waals surface area contributed by atoms with Gasteiger partial charge in [-0.05, 0) is 24.2 Å². The Morgan fingerprint density at radius 3 is 2.38 bits per heavy atom. The molecular weight excluding hydrogens is 202 g/mol. The quantitative estimate of drug-likeness (QED) is 0.707. The Kier molecular flexibility index (Phi) is 7.18. The standard InChI is InChI=1S/C13H27NO2/c1-11(2)10-16-12(15)14-9-7-6-8-13(3,4)5/h11H,6-10H2,1-5H3,(H,14,15). The normalized spacial score (nSPS) is 11.6. The number of carbonyl (C=O) groups excluding carboxylic acids is 1. The highest BCUT2D eigenvalue weighted by Crippen LogP contribution is 2.21. The number of ether oxygens (including phenoxy) is 1. The molecule has 1 N–H and O–H groups in total. The highest BCUT2D eigenvalue weighted by molar-refractivity contribution is 5.66. The minimum absolute atomic E-state index is 0.288. The summed E-state index contributed by atoms with van der Waals surface area (Å²) in [5.41, 5.74) is 0.387. The van der Waals surface area contributed by atoms with Gasteiger partial charge < -0.3 is 10.1 Å². The van der Waals surface area contributed by atoms with E-state index < -0.39 is 0 Å². The molecule has 0 saturated heterocycles. The van der Waals surface area contributed by atoms with E-state index in [1.54, 1.807) is 0 Å². The van der Waals surface area contributed by atoms with Crippen molar-refractivity contribution in [2.45, 2.75) is 53.9 Å². The van der Waals surface area contributed by atoms with Crippen molar-refractivity contribution in [3.05, 3.63) is 0 Å². The molecule has 0 atom stereocenters. The van der Waals surface area contributed by atoms with Crippen LogP contribution in [-0.2, 0) is 4.74 Å².